The molecule has 1 aromatic carbocycles. The van der Waals surface area contributed by atoms with Gasteiger partial charge in [-0.3, -0.25) is 4.98 Å². The zero-order chi connectivity index (χ0) is 23.1. The topological polar surface area (TPSA) is 38.7 Å². The molecule has 3 nitrogen and oxygen atoms in total. The Hall–Kier alpha value is -2.55. The average Bonchev–Trinajstić information content (AvgIpc) is 2.87. The van der Waals surface area contributed by atoms with Crippen molar-refractivity contribution in [3.05, 3.63) is 66.1 Å². The molecule has 2 heterocycles. The molecule has 0 N–H and O–H groups in total. The minimum absolute atomic E-state index is 0.790. The van der Waals surface area contributed by atoms with E-state index in [9.17, 15) is 0 Å². The van der Waals surface area contributed by atoms with Crippen LogP contribution in [0.5, 0.6) is 0 Å². The van der Waals surface area contributed by atoms with Crippen LogP contribution in [-0.4, -0.2) is 15.0 Å². The maximum absolute atomic E-state index is 4.71. The lowest BCUT2D eigenvalue weighted by Gasteiger charge is -2.06. The predicted molar refractivity (Wildman–Crippen MR) is 140 cm³/mol. The lowest BCUT2D eigenvalue weighted by molar-refractivity contribution is 0.607. The summed E-state index contributed by atoms with van der Waals surface area (Å²) >= 11 is 0. The van der Waals surface area contributed by atoms with E-state index in [-0.39, 0.29) is 0 Å². The van der Waals surface area contributed by atoms with Gasteiger partial charge in [-0.25, -0.2) is 9.97 Å². The van der Waals surface area contributed by atoms with Crippen molar-refractivity contribution in [3.8, 4) is 22.6 Å². The second kappa shape index (κ2) is 14.6. The molecule has 2 aromatic heterocycles. The molecule has 33 heavy (non-hydrogen) atoms. The predicted octanol–water partition coefficient (Wildman–Crippen LogP) is 8.62. The number of aromatic nitrogens is 3. The Morgan fingerprint density at radius 1 is 0.485 bits per heavy atom. The lowest BCUT2D eigenvalue weighted by atomic mass is 10.0. The summed E-state index contributed by atoms with van der Waals surface area (Å²) in [5, 5.41) is 0. The van der Waals surface area contributed by atoms with Gasteiger partial charge >= 0.3 is 0 Å². The second-order valence-corrected chi connectivity index (χ2v) is 9.23. The third-order valence-corrected chi connectivity index (χ3v) is 6.36. The molecule has 0 atom stereocenters. The summed E-state index contributed by atoms with van der Waals surface area (Å²) in [5.74, 6) is 0.790. The molecule has 176 valence electrons. The molecule has 0 saturated heterocycles. The monoisotopic (exact) mass is 443 g/mol. The van der Waals surface area contributed by atoms with Crippen LogP contribution in [-0.2, 0) is 12.8 Å². The van der Waals surface area contributed by atoms with Crippen molar-refractivity contribution in [2.24, 2.45) is 0 Å². The Balaban J connectivity index is 1.48. The van der Waals surface area contributed by atoms with E-state index in [1.54, 1.807) is 0 Å². The molecule has 0 saturated carbocycles. The number of hydrogen-bond acceptors (Lipinski definition) is 3. The number of unbranched alkanes of at least 4 members (excludes halogenated alkanes) is 9. The van der Waals surface area contributed by atoms with Gasteiger partial charge in [-0.1, -0.05) is 102 Å². The SMILES string of the molecule is CCCCCCCCc1ccc(-c2ccc(-c3ncc(CCCCCCC)cn3)cc2)nc1. The van der Waals surface area contributed by atoms with Crippen molar-refractivity contribution in [3.63, 3.8) is 0 Å². The Morgan fingerprint density at radius 3 is 1.58 bits per heavy atom. The van der Waals surface area contributed by atoms with Gasteiger partial charge in [0.25, 0.3) is 0 Å². The average molecular weight is 444 g/mol. The summed E-state index contributed by atoms with van der Waals surface area (Å²) in [6.07, 6.45) is 22.7. The van der Waals surface area contributed by atoms with Crippen molar-refractivity contribution >= 4 is 0 Å². The first kappa shape index (κ1) is 25.1. The maximum Gasteiger partial charge on any atom is 0.159 e. The summed E-state index contributed by atoms with van der Waals surface area (Å²) in [7, 11) is 0. The summed E-state index contributed by atoms with van der Waals surface area (Å²) < 4.78 is 0. The van der Waals surface area contributed by atoms with Gasteiger partial charge in [0.1, 0.15) is 0 Å². The van der Waals surface area contributed by atoms with Crippen molar-refractivity contribution < 1.29 is 0 Å². The van der Waals surface area contributed by atoms with Crippen molar-refractivity contribution in [1.29, 1.82) is 0 Å². The van der Waals surface area contributed by atoms with E-state index in [1.807, 2.05) is 18.6 Å². The molecular weight excluding hydrogens is 402 g/mol. The van der Waals surface area contributed by atoms with Gasteiger partial charge in [-0.05, 0) is 42.9 Å². The third-order valence-electron chi connectivity index (χ3n) is 6.36. The van der Waals surface area contributed by atoms with Crippen LogP contribution in [0.15, 0.2) is 55.0 Å². The summed E-state index contributed by atoms with van der Waals surface area (Å²) in [4.78, 5) is 13.9. The van der Waals surface area contributed by atoms with E-state index in [1.165, 1.54) is 81.8 Å². The number of benzene rings is 1. The molecule has 0 bridgehead atoms. The van der Waals surface area contributed by atoms with Crippen molar-refractivity contribution in [2.45, 2.75) is 97.3 Å². The first-order valence-electron chi connectivity index (χ1n) is 13.2. The molecule has 0 unspecified atom stereocenters. The molecule has 3 rings (SSSR count). The Labute approximate surface area is 201 Å². The fourth-order valence-corrected chi connectivity index (χ4v) is 4.21. The second-order valence-electron chi connectivity index (χ2n) is 9.23. The van der Waals surface area contributed by atoms with Gasteiger partial charge in [0.15, 0.2) is 5.82 Å². The number of aryl methyl sites for hydroxylation is 2. The fraction of sp³-hybridized carbons (Fsp3) is 0.500. The highest BCUT2D eigenvalue weighted by molar-refractivity contribution is 5.65. The molecular formula is C30H41N3. The number of nitrogens with zero attached hydrogens (tertiary/aromatic N) is 3. The molecule has 3 aromatic rings. The van der Waals surface area contributed by atoms with Crippen LogP contribution in [0, 0.1) is 0 Å². The smallest absolute Gasteiger partial charge is 0.159 e. The molecule has 3 heteroatoms. The molecule has 0 fully saturated rings. The highest BCUT2D eigenvalue weighted by Crippen LogP contribution is 2.22. The maximum atomic E-state index is 4.71. The summed E-state index contributed by atoms with van der Waals surface area (Å²) in [6.45, 7) is 4.52. The fourth-order valence-electron chi connectivity index (χ4n) is 4.21. The molecule has 0 aliphatic heterocycles. The number of rotatable bonds is 15. The third kappa shape index (κ3) is 8.72. The normalized spacial score (nSPS) is 11.1. The summed E-state index contributed by atoms with van der Waals surface area (Å²) in [6, 6.07) is 12.8. The standard InChI is InChI=1S/C30H41N3/c1-3-5-7-9-11-12-14-25-16-21-29(31-22-25)27-17-19-28(20-18-27)30-32-23-26(24-33-30)15-13-10-8-6-4-2/h16-24H,3-15H2,1-2H3. The Kier molecular flexibility index (Phi) is 11.1. The van der Waals surface area contributed by atoms with Gasteiger partial charge in [0, 0.05) is 29.7 Å². The Morgan fingerprint density at radius 2 is 1.00 bits per heavy atom. The molecule has 0 radical (unpaired) electrons. The van der Waals surface area contributed by atoms with Crippen LogP contribution in [0.25, 0.3) is 22.6 Å². The summed E-state index contributed by atoms with van der Waals surface area (Å²) in [5.41, 5.74) is 5.77. The largest absolute Gasteiger partial charge is 0.256 e. The quantitative estimate of drug-likeness (QED) is 0.221. The minimum atomic E-state index is 0.790. The van der Waals surface area contributed by atoms with Crippen molar-refractivity contribution in [1.82, 2.24) is 15.0 Å². The van der Waals surface area contributed by atoms with Crippen LogP contribution in [0.1, 0.15) is 95.6 Å². The van der Waals surface area contributed by atoms with E-state index in [0.717, 1.165) is 35.5 Å². The van der Waals surface area contributed by atoms with Crippen LogP contribution < -0.4 is 0 Å². The van der Waals surface area contributed by atoms with Crippen LogP contribution >= 0.6 is 0 Å². The molecule has 0 spiro atoms. The van der Waals surface area contributed by atoms with E-state index >= 15 is 0 Å². The van der Waals surface area contributed by atoms with Crippen LogP contribution in [0.2, 0.25) is 0 Å². The first-order chi connectivity index (χ1) is 16.3. The number of pyridine rings is 1. The zero-order valence-corrected chi connectivity index (χ0v) is 20.7. The van der Waals surface area contributed by atoms with Gasteiger partial charge in [-0.2, -0.15) is 0 Å². The van der Waals surface area contributed by atoms with Crippen LogP contribution in [0.4, 0.5) is 0 Å². The molecule has 0 amide bonds. The van der Waals surface area contributed by atoms with E-state index in [4.69, 9.17) is 4.98 Å². The molecule has 0 aliphatic carbocycles. The van der Waals surface area contributed by atoms with E-state index < -0.39 is 0 Å². The first-order valence-corrected chi connectivity index (χ1v) is 13.2. The number of hydrogen-bond donors (Lipinski definition) is 0. The Bertz CT molecular complexity index is 899. The zero-order valence-electron chi connectivity index (χ0n) is 20.7. The van der Waals surface area contributed by atoms with Gasteiger partial charge in [-0.15, -0.1) is 0 Å². The highest BCUT2D eigenvalue weighted by atomic mass is 14.9. The van der Waals surface area contributed by atoms with Crippen molar-refractivity contribution in [2.75, 3.05) is 0 Å². The lowest BCUT2D eigenvalue weighted by Crippen LogP contribution is -1.94. The van der Waals surface area contributed by atoms with Crippen LogP contribution in [0.3, 0.4) is 0 Å². The van der Waals surface area contributed by atoms with Gasteiger partial charge in [0.05, 0.1) is 5.69 Å². The minimum Gasteiger partial charge on any atom is -0.256 e. The highest BCUT2D eigenvalue weighted by Gasteiger charge is 2.05. The van der Waals surface area contributed by atoms with E-state index in [0.29, 0.717) is 0 Å². The van der Waals surface area contributed by atoms with Gasteiger partial charge < -0.3 is 0 Å². The van der Waals surface area contributed by atoms with Gasteiger partial charge in [0.2, 0.25) is 0 Å². The molecule has 0 aliphatic rings. The van der Waals surface area contributed by atoms with E-state index in [2.05, 4.69) is 60.2 Å².